The molecular weight excluding hydrogens is 432 g/mol. The summed E-state index contributed by atoms with van der Waals surface area (Å²) in [6, 6.07) is 10.8. The molecule has 2 aliphatic rings. The molecule has 0 N–H and O–H groups in total. The number of carbonyl (C=O) groups is 2. The topological polar surface area (TPSA) is 136 Å². The van der Waals surface area contributed by atoms with Crippen LogP contribution in [0.5, 0.6) is 0 Å². The molecule has 2 heterocycles. The third-order valence-corrected chi connectivity index (χ3v) is 5.65. The lowest BCUT2D eigenvalue weighted by Gasteiger charge is -2.28. The van der Waals surface area contributed by atoms with Gasteiger partial charge in [0.1, 0.15) is 0 Å². The van der Waals surface area contributed by atoms with E-state index >= 15 is 0 Å². The van der Waals surface area contributed by atoms with Crippen LogP contribution in [0.1, 0.15) is 11.1 Å². The summed E-state index contributed by atoms with van der Waals surface area (Å²) in [7, 11) is 0. The van der Waals surface area contributed by atoms with Crippen LogP contribution in [0.2, 0.25) is 0 Å². The van der Waals surface area contributed by atoms with Crippen molar-refractivity contribution in [2.75, 3.05) is 39.4 Å². The van der Waals surface area contributed by atoms with Gasteiger partial charge in [0, 0.05) is 50.4 Å². The van der Waals surface area contributed by atoms with E-state index in [4.69, 9.17) is 4.74 Å². The molecule has 0 aliphatic carbocycles. The standard InChI is InChI=1S/C22H20N4O7/c27-21-19(15-1-5-17(6-2-15)25(29)30)20(16-3-7-18(8-4-16)26(31)32)22(28)24(21)10-9-23-11-13-33-14-12-23/h1-8H,9-14H2. The van der Waals surface area contributed by atoms with E-state index < -0.39 is 21.7 Å². The highest BCUT2D eigenvalue weighted by Gasteiger charge is 2.39. The fraction of sp³-hybridized carbons (Fsp3) is 0.273. The predicted octanol–water partition coefficient (Wildman–Crippen LogP) is 2.11. The summed E-state index contributed by atoms with van der Waals surface area (Å²) >= 11 is 0. The number of rotatable bonds is 7. The minimum absolute atomic E-state index is 0.116. The van der Waals surface area contributed by atoms with Crippen molar-refractivity contribution in [3.05, 3.63) is 79.9 Å². The molecule has 0 saturated carbocycles. The lowest BCUT2D eigenvalue weighted by atomic mass is 9.96. The maximum absolute atomic E-state index is 13.3. The highest BCUT2D eigenvalue weighted by atomic mass is 16.6. The molecule has 0 aromatic heterocycles. The number of carbonyl (C=O) groups excluding carboxylic acids is 2. The molecule has 0 unspecified atom stereocenters. The van der Waals surface area contributed by atoms with Crippen LogP contribution >= 0.6 is 0 Å². The third-order valence-electron chi connectivity index (χ3n) is 5.65. The smallest absolute Gasteiger partial charge is 0.269 e. The molecule has 2 aromatic rings. The lowest BCUT2D eigenvalue weighted by Crippen LogP contribution is -2.43. The lowest BCUT2D eigenvalue weighted by molar-refractivity contribution is -0.385. The first-order valence-electron chi connectivity index (χ1n) is 10.3. The zero-order valence-electron chi connectivity index (χ0n) is 17.5. The second-order valence-electron chi connectivity index (χ2n) is 7.57. The molecule has 2 amide bonds. The first-order valence-corrected chi connectivity index (χ1v) is 10.3. The number of non-ortho nitro benzene ring substituents is 2. The van der Waals surface area contributed by atoms with Gasteiger partial charge in [-0.15, -0.1) is 0 Å². The minimum Gasteiger partial charge on any atom is -0.379 e. The fourth-order valence-corrected chi connectivity index (χ4v) is 3.88. The quantitative estimate of drug-likeness (QED) is 0.354. The van der Waals surface area contributed by atoms with Gasteiger partial charge in [0.2, 0.25) is 0 Å². The molecule has 33 heavy (non-hydrogen) atoms. The normalized spacial score (nSPS) is 17.0. The molecule has 1 fully saturated rings. The first kappa shape index (κ1) is 22.2. The molecule has 2 aliphatic heterocycles. The summed E-state index contributed by atoms with van der Waals surface area (Å²) in [4.78, 5) is 50.8. The first-order chi connectivity index (χ1) is 15.9. The van der Waals surface area contributed by atoms with E-state index in [1.54, 1.807) is 0 Å². The number of nitro groups is 2. The average molecular weight is 452 g/mol. The van der Waals surface area contributed by atoms with Gasteiger partial charge in [0.15, 0.2) is 0 Å². The fourth-order valence-electron chi connectivity index (χ4n) is 3.88. The van der Waals surface area contributed by atoms with E-state index in [0.717, 1.165) is 4.90 Å². The number of amides is 2. The van der Waals surface area contributed by atoms with Gasteiger partial charge in [-0.3, -0.25) is 39.6 Å². The summed E-state index contributed by atoms with van der Waals surface area (Å²) in [5, 5.41) is 22.0. The summed E-state index contributed by atoms with van der Waals surface area (Å²) < 4.78 is 5.32. The van der Waals surface area contributed by atoms with Crippen LogP contribution in [-0.2, 0) is 14.3 Å². The van der Waals surface area contributed by atoms with Crippen molar-refractivity contribution in [1.82, 2.24) is 9.80 Å². The van der Waals surface area contributed by atoms with Crippen molar-refractivity contribution in [2.45, 2.75) is 0 Å². The Kier molecular flexibility index (Phi) is 6.24. The van der Waals surface area contributed by atoms with Crippen molar-refractivity contribution in [2.24, 2.45) is 0 Å². The van der Waals surface area contributed by atoms with Crippen LogP contribution in [0.4, 0.5) is 11.4 Å². The van der Waals surface area contributed by atoms with Crippen molar-refractivity contribution < 1.29 is 24.2 Å². The summed E-state index contributed by atoms with van der Waals surface area (Å²) in [5.74, 6) is -1.01. The molecule has 0 atom stereocenters. The molecule has 1 saturated heterocycles. The molecule has 0 radical (unpaired) electrons. The minimum atomic E-state index is -0.550. The number of ether oxygens (including phenoxy) is 1. The maximum Gasteiger partial charge on any atom is 0.269 e. The zero-order valence-corrected chi connectivity index (χ0v) is 17.5. The van der Waals surface area contributed by atoms with E-state index in [-0.39, 0.29) is 29.1 Å². The van der Waals surface area contributed by atoms with Crippen LogP contribution in [0.3, 0.4) is 0 Å². The number of morpholine rings is 1. The number of nitrogens with zero attached hydrogens (tertiary/aromatic N) is 4. The largest absolute Gasteiger partial charge is 0.379 e. The summed E-state index contributed by atoms with van der Waals surface area (Å²) in [6.45, 7) is 3.24. The molecule has 2 aromatic carbocycles. The van der Waals surface area contributed by atoms with Gasteiger partial charge < -0.3 is 4.74 Å². The summed E-state index contributed by atoms with van der Waals surface area (Å²) in [5.41, 5.74) is 0.674. The van der Waals surface area contributed by atoms with Crippen LogP contribution < -0.4 is 0 Å². The van der Waals surface area contributed by atoms with Crippen LogP contribution in [-0.4, -0.2) is 70.9 Å². The Morgan fingerprint density at radius 3 is 1.55 bits per heavy atom. The maximum atomic E-state index is 13.3. The number of benzene rings is 2. The van der Waals surface area contributed by atoms with Gasteiger partial charge in [-0.2, -0.15) is 0 Å². The van der Waals surface area contributed by atoms with Crippen LogP contribution in [0.25, 0.3) is 11.1 Å². The van der Waals surface area contributed by atoms with E-state index in [9.17, 15) is 29.8 Å². The van der Waals surface area contributed by atoms with Crippen molar-refractivity contribution >= 4 is 34.3 Å². The van der Waals surface area contributed by atoms with Crippen molar-refractivity contribution in [1.29, 1.82) is 0 Å². The van der Waals surface area contributed by atoms with Gasteiger partial charge in [0.25, 0.3) is 23.2 Å². The Balaban J connectivity index is 1.70. The number of hydrogen-bond acceptors (Lipinski definition) is 8. The van der Waals surface area contributed by atoms with Gasteiger partial charge in [0.05, 0.1) is 34.2 Å². The highest BCUT2D eigenvalue weighted by molar-refractivity contribution is 6.49. The van der Waals surface area contributed by atoms with Crippen molar-refractivity contribution in [3.8, 4) is 0 Å². The molecule has 0 bridgehead atoms. The van der Waals surface area contributed by atoms with Crippen LogP contribution in [0, 0.1) is 20.2 Å². The average Bonchev–Trinajstić information content (AvgIpc) is 3.07. The Labute approximate surface area is 188 Å². The Morgan fingerprint density at radius 2 is 1.15 bits per heavy atom. The molecule has 4 rings (SSSR count). The van der Waals surface area contributed by atoms with Gasteiger partial charge in [-0.1, -0.05) is 0 Å². The van der Waals surface area contributed by atoms with Crippen molar-refractivity contribution in [3.63, 3.8) is 0 Å². The van der Waals surface area contributed by atoms with Gasteiger partial charge in [-0.05, 0) is 35.4 Å². The van der Waals surface area contributed by atoms with E-state index in [1.165, 1.54) is 48.5 Å². The molecule has 11 nitrogen and oxygen atoms in total. The third kappa shape index (κ3) is 4.49. The number of imide groups is 1. The van der Waals surface area contributed by atoms with Gasteiger partial charge >= 0.3 is 0 Å². The van der Waals surface area contributed by atoms with E-state index in [1.807, 2.05) is 0 Å². The van der Waals surface area contributed by atoms with Crippen LogP contribution in [0.15, 0.2) is 48.5 Å². The molecule has 0 spiro atoms. The SMILES string of the molecule is O=C1C(c2ccc([N+](=O)[O-])cc2)=C(c2ccc([N+](=O)[O-])cc2)C(=O)N1CCN1CCOCC1. The molecule has 170 valence electrons. The Morgan fingerprint density at radius 1 is 0.727 bits per heavy atom. The zero-order chi connectivity index (χ0) is 23.5. The summed E-state index contributed by atoms with van der Waals surface area (Å²) in [6.07, 6.45) is 0. The molecular formula is C22H20N4O7. The predicted molar refractivity (Wildman–Crippen MR) is 117 cm³/mol. The number of hydrogen-bond donors (Lipinski definition) is 0. The molecule has 11 heteroatoms. The monoisotopic (exact) mass is 452 g/mol. The highest BCUT2D eigenvalue weighted by Crippen LogP contribution is 2.36. The van der Waals surface area contributed by atoms with Gasteiger partial charge in [-0.25, -0.2) is 0 Å². The Bertz CT molecular complexity index is 1060. The second kappa shape index (κ2) is 9.27. The van der Waals surface area contributed by atoms with E-state index in [2.05, 4.69) is 4.90 Å². The second-order valence-corrected chi connectivity index (χ2v) is 7.57. The number of nitro benzene ring substituents is 2. The van der Waals surface area contributed by atoms with E-state index in [0.29, 0.717) is 44.0 Å². The Hall–Kier alpha value is -3.96.